The van der Waals surface area contributed by atoms with E-state index < -0.39 is 17.7 Å². The number of halogens is 3. The van der Waals surface area contributed by atoms with Crippen LogP contribution in [-0.2, 0) is 28.7 Å². The summed E-state index contributed by atoms with van der Waals surface area (Å²) in [6.45, 7) is 0.958. The van der Waals surface area contributed by atoms with Gasteiger partial charge in [-0.2, -0.15) is 13.2 Å². The van der Waals surface area contributed by atoms with Crippen LogP contribution >= 0.6 is 0 Å². The topological polar surface area (TPSA) is 62.6 Å². The summed E-state index contributed by atoms with van der Waals surface area (Å²) in [6.07, 6.45) is -2.27. The third kappa shape index (κ3) is 4.90. The number of hydrogen-bond acceptors (Lipinski definition) is 3. The highest BCUT2D eigenvalue weighted by Crippen LogP contribution is 2.29. The van der Waals surface area contributed by atoms with Gasteiger partial charge in [-0.1, -0.05) is 12.1 Å². The number of hydrogen-bond donors (Lipinski definition) is 1. The van der Waals surface area contributed by atoms with Crippen LogP contribution in [0.25, 0.3) is 0 Å². The zero-order valence-corrected chi connectivity index (χ0v) is 14.5. The maximum absolute atomic E-state index is 12.5. The fourth-order valence-corrected chi connectivity index (χ4v) is 3.03. The third-order valence-electron chi connectivity index (χ3n) is 4.51. The quantitative estimate of drug-likeness (QED) is 0.838. The fourth-order valence-electron chi connectivity index (χ4n) is 3.03. The molecule has 3 rings (SSSR count). The molecule has 1 N–H and O–H groups in total. The number of carbonyl (C=O) groups excluding carboxylic acids is 2. The Labute approximate surface area is 154 Å². The number of nitrogens with zero attached hydrogens (tertiary/aromatic N) is 1. The van der Waals surface area contributed by atoms with Crippen molar-refractivity contribution in [1.82, 2.24) is 10.2 Å². The summed E-state index contributed by atoms with van der Waals surface area (Å²) < 4.78 is 42.8. The van der Waals surface area contributed by atoms with Crippen molar-refractivity contribution in [3.8, 4) is 0 Å². The van der Waals surface area contributed by atoms with Gasteiger partial charge in [0.1, 0.15) is 5.76 Å². The molecule has 144 valence electrons. The molecule has 2 heterocycles. The van der Waals surface area contributed by atoms with E-state index in [9.17, 15) is 22.8 Å². The number of rotatable bonds is 6. The van der Waals surface area contributed by atoms with Crippen LogP contribution in [0.2, 0.25) is 0 Å². The van der Waals surface area contributed by atoms with Gasteiger partial charge < -0.3 is 14.6 Å². The number of benzene rings is 1. The van der Waals surface area contributed by atoms with Crippen LogP contribution in [0.4, 0.5) is 13.2 Å². The van der Waals surface area contributed by atoms with E-state index in [4.69, 9.17) is 4.42 Å². The van der Waals surface area contributed by atoms with Crippen LogP contribution in [0.1, 0.15) is 23.3 Å². The lowest BCUT2D eigenvalue weighted by atomic mass is 10.1. The first-order chi connectivity index (χ1) is 12.8. The smallest absolute Gasteiger partial charge is 0.416 e. The summed E-state index contributed by atoms with van der Waals surface area (Å²) in [4.78, 5) is 25.9. The molecule has 0 spiro atoms. The van der Waals surface area contributed by atoms with Gasteiger partial charge in [0, 0.05) is 19.5 Å². The molecule has 0 bridgehead atoms. The first-order valence-corrected chi connectivity index (χ1v) is 8.57. The Morgan fingerprint density at radius 1 is 1.22 bits per heavy atom. The molecule has 8 heteroatoms. The van der Waals surface area contributed by atoms with Crippen LogP contribution in [0.15, 0.2) is 47.1 Å². The second-order valence-electron chi connectivity index (χ2n) is 6.49. The Kier molecular flexibility index (Phi) is 5.53. The molecule has 1 saturated heterocycles. The fraction of sp³-hybridized carbons (Fsp3) is 0.368. The minimum atomic E-state index is -4.36. The van der Waals surface area contributed by atoms with E-state index in [2.05, 4.69) is 5.32 Å². The average molecular weight is 380 g/mol. The summed E-state index contributed by atoms with van der Waals surface area (Å²) in [5.74, 6) is -0.0988. The van der Waals surface area contributed by atoms with Crippen molar-refractivity contribution >= 4 is 11.8 Å². The van der Waals surface area contributed by atoms with Crippen LogP contribution in [0.3, 0.4) is 0 Å². The van der Waals surface area contributed by atoms with Gasteiger partial charge >= 0.3 is 6.18 Å². The van der Waals surface area contributed by atoms with Crippen molar-refractivity contribution in [3.63, 3.8) is 0 Å². The van der Waals surface area contributed by atoms with Gasteiger partial charge in [0.05, 0.1) is 24.3 Å². The first kappa shape index (κ1) is 19.0. The molecule has 1 atom stereocenters. The molecular formula is C19H19F3N2O3. The molecular weight excluding hydrogens is 361 g/mol. The van der Waals surface area contributed by atoms with E-state index in [1.807, 2.05) is 0 Å². The lowest BCUT2D eigenvalue weighted by molar-refractivity contribution is -0.137. The monoisotopic (exact) mass is 380 g/mol. The number of furan rings is 1. The van der Waals surface area contributed by atoms with Crippen molar-refractivity contribution in [2.45, 2.75) is 25.6 Å². The lowest BCUT2D eigenvalue weighted by Crippen LogP contribution is -2.34. The molecule has 0 radical (unpaired) electrons. The van der Waals surface area contributed by atoms with Gasteiger partial charge in [-0.25, -0.2) is 0 Å². The van der Waals surface area contributed by atoms with Gasteiger partial charge in [-0.3, -0.25) is 9.59 Å². The predicted molar refractivity (Wildman–Crippen MR) is 90.4 cm³/mol. The highest BCUT2D eigenvalue weighted by molar-refractivity contribution is 5.89. The van der Waals surface area contributed by atoms with E-state index in [0.717, 1.165) is 12.1 Å². The highest BCUT2D eigenvalue weighted by Gasteiger charge is 2.34. The largest absolute Gasteiger partial charge is 0.467 e. The molecule has 0 aliphatic carbocycles. The second-order valence-corrected chi connectivity index (χ2v) is 6.49. The Bertz CT molecular complexity index is 786. The Morgan fingerprint density at radius 2 is 1.96 bits per heavy atom. The Morgan fingerprint density at radius 3 is 2.59 bits per heavy atom. The summed E-state index contributed by atoms with van der Waals surface area (Å²) in [5, 5.41) is 2.75. The van der Waals surface area contributed by atoms with E-state index >= 15 is 0 Å². The SMILES string of the molecule is O=C(NCCc1ccc(C(F)(F)F)cc1)C1CC(=O)N(Cc2ccco2)C1. The summed E-state index contributed by atoms with van der Waals surface area (Å²) >= 11 is 0. The van der Waals surface area contributed by atoms with Crippen LogP contribution in [0, 0.1) is 5.92 Å². The molecule has 1 aromatic carbocycles. The second kappa shape index (κ2) is 7.85. The molecule has 1 fully saturated rings. The molecule has 5 nitrogen and oxygen atoms in total. The number of likely N-dealkylation sites (tertiary alicyclic amines) is 1. The van der Waals surface area contributed by atoms with Gasteiger partial charge in [0.15, 0.2) is 0 Å². The summed E-state index contributed by atoms with van der Waals surface area (Å²) in [5.41, 5.74) is 0.00152. The molecule has 1 aromatic heterocycles. The molecule has 27 heavy (non-hydrogen) atoms. The molecule has 2 aromatic rings. The van der Waals surface area contributed by atoms with E-state index in [1.165, 1.54) is 18.4 Å². The first-order valence-electron chi connectivity index (χ1n) is 8.57. The summed E-state index contributed by atoms with van der Waals surface area (Å²) in [6, 6.07) is 8.36. The zero-order valence-electron chi connectivity index (χ0n) is 14.5. The average Bonchev–Trinajstić information content (AvgIpc) is 3.25. The van der Waals surface area contributed by atoms with Gasteiger partial charge in [-0.05, 0) is 36.2 Å². The molecule has 1 unspecified atom stereocenters. The molecule has 0 saturated carbocycles. The van der Waals surface area contributed by atoms with Gasteiger partial charge in [0.2, 0.25) is 11.8 Å². The number of alkyl halides is 3. The standard InChI is InChI=1S/C19H19F3N2O3/c20-19(21,22)15-5-3-13(4-6-15)7-8-23-18(26)14-10-17(25)24(11-14)12-16-2-1-9-27-16/h1-6,9,14H,7-8,10-12H2,(H,23,26). The van der Waals surface area contributed by atoms with E-state index in [1.54, 1.807) is 17.0 Å². The van der Waals surface area contributed by atoms with Gasteiger partial charge in [0.25, 0.3) is 0 Å². The molecule has 1 aliphatic rings. The summed E-state index contributed by atoms with van der Waals surface area (Å²) in [7, 11) is 0. The van der Waals surface area contributed by atoms with E-state index in [0.29, 0.717) is 37.4 Å². The van der Waals surface area contributed by atoms with Crippen LogP contribution < -0.4 is 5.32 Å². The van der Waals surface area contributed by atoms with Crippen molar-refractivity contribution in [2.24, 2.45) is 5.92 Å². The van der Waals surface area contributed by atoms with Crippen molar-refractivity contribution < 1.29 is 27.2 Å². The Balaban J connectivity index is 1.45. The van der Waals surface area contributed by atoms with E-state index in [-0.39, 0.29) is 18.2 Å². The number of carbonyl (C=O) groups is 2. The number of nitrogens with one attached hydrogen (secondary N) is 1. The number of amides is 2. The van der Waals surface area contributed by atoms with Crippen molar-refractivity contribution in [3.05, 3.63) is 59.5 Å². The molecule has 1 aliphatic heterocycles. The van der Waals surface area contributed by atoms with Crippen LogP contribution in [0.5, 0.6) is 0 Å². The maximum Gasteiger partial charge on any atom is 0.416 e. The highest BCUT2D eigenvalue weighted by atomic mass is 19.4. The molecule has 2 amide bonds. The van der Waals surface area contributed by atoms with Crippen molar-refractivity contribution in [1.29, 1.82) is 0 Å². The van der Waals surface area contributed by atoms with Gasteiger partial charge in [-0.15, -0.1) is 0 Å². The zero-order chi connectivity index (χ0) is 19.4. The predicted octanol–water partition coefficient (Wildman–Crippen LogP) is 3.01. The minimum Gasteiger partial charge on any atom is -0.467 e. The maximum atomic E-state index is 12.5. The normalized spacial score (nSPS) is 17.4. The van der Waals surface area contributed by atoms with Crippen molar-refractivity contribution in [2.75, 3.05) is 13.1 Å². The minimum absolute atomic E-state index is 0.103. The van der Waals surface area contributed by atoms with Crippen LogP contribution in [-0.4, -0.2) is 29.8 Å². The lowest BCUT2D eigenvalue weighted by Gasteiger charge is -2.15. The third-order valence-corrected chi connectivity index (χ3v) is 4.51. The Hall–Kier alpha value is -2.77.